The summed E-state index contributed by atoms with van der Waals surface area (Å²) < 4.78 is 5.89. The molecule has 0 saturated carbocycles. The summed E-state index contributed by atoms with van der Waals surface area (Å²) in [5.41, 5.74) is 3.16. The summed E-state index contributed by atoms with van der Waals surface area (Å²) in [5, 5.41) is 8.57. The lowest BCUT2D eigenvalue weighted by atomic mass is 10.1. The number of aromatic nitrogens is 2. The fourth-order valence-corrected chi connectivity index (χ4v) is 3.44. The molecule has 1 aliphatic heterocycles. The van der Waals surface area contributed by atoms with Gasteiger partial charge in [-0.2, -0.15) is 5.10 Å². The van der Waals surface area contributed by atoms with Gasteiger partial charge in [-0.15, -0.1) is 0 Å². The Bertz CT molecular complexity index is 860. The topological polar surface area (TPSA) is 41.1 Å². The van der Waals surface area contributed by atoms with Crippen molar-refractivity contribution in [3.8, 4) is 5.75 Å². The average Bonchev–Trinajstić information content (AvgIpc) is 3.11. The summed E-state index contributed by atoms with van der Waals surface area (Å²) in [6.45, 7) is 4.21. The molecule has 1 aliphatic rings. The second kappa shape index (κ2) is 8.19. The molecule has 0 amide bonds. The van der Waals surface area contributed by atoms with Gasteiger partial charge in [0.05, 0.1) is 11.2 Å². The Kier molecular flexibility index (Phi) is 5.31. The molecule has 1 fully saturated rings. The summed E-state index contributed by atoms with van der Waals surface area (Å²) in [7, 11) is 0. The highest BCUT2D eigenvalue weighted by Gasteiger charge is 2.09. The number of nitrogens with one attached hydrogen (secondary N) is 1. The standard InChI is InChI=1S/C22H25N3O/c1-4-14-25(15-5-1)16-17-26-19-11-8-18(9-12-19)10-13-22-20-6-2-3-7-21(20)23-24-22/h2-3,6-13H,1,4-5,14-17H2,(H,23,24). The average molecular weight is 347 g/mol. The van der Waals surface area contributed by atoms with E-state index in [0.717, 1.165) is 41.1 Å². The van der Waals surface area contributed by atoms with Gasteiger partial charge in [0.15, 0.2) is 0 Å². The van der Waals surface area contributed by atoms with Crippen molar-refractivity contribution < 1.29 is 4.74 Å². The first-order valence-electron chi connectivity index (χ1n) is 9.45. The first kappa shape index (κ1) is 16.9. The van der Waals surface area contributed by atoms with Crippen molar-refractivity contribution in [2.45, 2.75) is 19.3 Å². The number of hydrogen-bond donors (Lipinski definition) is 1. The fraction of sp³-hybridized carbons (Fsp3) is 0.318. The lowest BCUT2D eigenvalue weighted by molar-refractivity contribution is 0.183. The molecule has 0 spiro atoms. The van der Waals surface area contributed by atoms with Crippen LogP contribution in [-0.4, -0.2) is 41.3 Å². The van der Waals surface area contributed by atoms with Crippen LogP contribution in [0.5, 0.6) is 5.75 Å². The van der Waals surface area contributed by atoms with Gasteiger partial charge in [-0.05, 0) is 55.8 Å². The Morgan fingerprint density at radius 3 is 2.62 bits per heavy atom. The van der Waals surface area contributed by atoms with Crippen LogP contribution in [0, 0.1) is 0 Å². The second-order valence-electron chi connectivity index (χ2n) is 6.81. The van der Waals surface area contributed by atoms with Gasteiger partial charge in [0.1, 0.15) is 12.4 Å². The van der Waals surface area contributed by atoms with Gasteiger partial charge in [0.25, 0.3) is 0 Å². The molecule has 1 saturated heterocycles. The van der Waals surface area contributed by atoms with E-state index in [2.05, 4.69) is 39.4 Å². The van der Waals surface area contributed by atoms with E-state index >= 15 is 0 Å². The third kappa shape index (κ3) is 4.14. The molecule has 4 nitrogen and oxygen atoms in total. The molecular formula is C22H25N3O. The third-order valence-corrected chi connectivity index (χ3v) is 4.94. The zero-order valence-corrected chi connectivity index (χ0v) is 15.0. The van der Waals surface area contributed by atoms with Crippen LogP contribution in [0.3, 0.4) is 0 Å². The Labute approximate surface area is 154 Å². The summed E-state index contributed by atoms with van der Waals surface area (Å²) >= 11 is 0. The lowest BCUT2D eigenvalue weighted by Crippen LogP contribution is -2.33. The van der Waals surface area contributed by atoms with Crippen LogP contribution < -0.4 is 4.74 Å². The molecule has 0 unspecified atom stereocenters. The zero-order chi connectivity index (χ0) is 17.6. The van der Waals surface area contributed by atoms with Crippen LogP contribution in [0.25, 0.3) is 23.1 Å². The monoisotopic (exact) mass is 347 g/mol. The molecule has 2 aromatic carbocycles. The van der Waals surface area contributed by atoms with E-state index in [1.54, 1.807) is 0 Å². The molecular weight excluding hydrogens is 322 g/mol. The summed E-state index contributed by atoms with van der Waals surface area (Å²) in [6, 6.07) is 16.4. The molecule has 1 aromatic heterocycles. The van der Waals surface area contributed by atoms with Crippen LogP contribution in [-0.2, 0) is 0 Å². The van der Waals surface area contributed by atoms with E-state index in [-0.39, 0.29) is 0 Å². The van der Waals surface area contributed by atoms with Crippen LogP contribution >= 0.6 is 0 Å². The molecule has 3 aromatic rings. The minimum absolute atomic E-state index is 0.758. The molecule has 4 rings (SSSR count). The Balaban J connectivity index is 1.32. The zero-order valence-electron chi connectivity index (χ0n) is 15.0. The number of likely N-dealkylation sites (tertiary alicyclic amines) is 1. The maximum absolute atomic E-state index is 5.89. The predicted molar refractivity (Wildman–Crippen MR) is 107 cm³/mol. The van der Waals surface area contributed by atoms with Crippen molar-refractivity contribution in [2.75, 3.05) is 26.2 Å². The number of H-pyrrole nitrogens is 1. The number of para-hydroxylation sites is 1. The first-order chi connectivity index (χ1) is 12.9. The number of piperidine rings is 1. The lowest BCUT2D eigenvalue weighted by Gasteiger charge is -2.26. The SMILES string of the molecule is C(=Cc1n[nH]c2ccccc12)c1ccc(OCCN2CCCCC2)cc1. The second-order valence-corrected chi connectivity index (χ2v) is 6.81. The van der Waals surface area contributed by atoms with Gasteiger partial charge < -0.3 is 4.74 Å². The molecule has 26 heavy (non-hydrogen) atoms. The highest BCUT2D eigenvalue weighted by atomic mass is 16.5. The number of fused-ring (bicyclic) bond motifs is 1. The largest absolute Gasteiger partial charge is 0.492 e. The van der Waals surface area contributed by atoms with E-state index in [9.17, 15) is 0 Å². The minimum Gasteiger partial charge on any atom is -0.492 e. The van der Waals surface area contributed by atoms with E-state index in [1.807, 2.05) is 36.4 Å². The van der Waals surface area contributed by atoms with Crippen molar-refractivity contribution in [3.63, 3.8) is 0 Å². The molecule has 0 atom stereocenters. The normalized spacial score (nSPS) is 15.7. The van der Waals surface area contributed by atoms with Crippen molar-refractivity contribution in [2.24, 2.45) is 0 Å². The van der Waals surface area contributed by atoms with Gasteiger partial charge in [-0.3, -0.25) is 10.00 Å². The van der Waals surface area contributed by atoms with Crippen LogP contribution in [0.15, 0.2) is 48.5 Å². The minimum atomic E-state index is 0.758. The smallest absolute Gasteiger partial charge is 0.119 e. The van der Waals surface area contributed by atoms with Gasteiger partial charge in [-0.1, -0.05) is 42.8 Å². The van der Waals surface area contributed by atoms with E-state index in [4.69, 9.17) is 4.74 Å². The van der Waals surface area contributed by atoms with E-state index < -0.39 is 0 Å². The highest BCUT2D eigenvalue weighted by molar-refractivity contribution is 5.89. The molecule has 134 valence electrons. The number of rotatable bonds is 6. The molecule has 0 bridgehead atoms. The van der Waals surface area contributed by atoms with Crippen molar-refractivity contribution >= 4 is 23.1 Å². The summed E-state index contributed by atoms with van der Waals surface area (Å²) in [5.74, 6) is 0.935. The number of aromatic amines is 1. The summed E-state index contributed by atoms with van der Waals surface area (Å²) in [6.07, 6.45) is 8.16. The Hall–Kier alpha value is -2.59. The Morgan fingerprint density at radius 1 is 0.962 bits per heavy atom. The van der Waals surface area contributed by atoms with Gasteiger partial charge in [-0.25, -0.2) is 0 Å². The molecule has 4 heteroatoms. The quantitative estimate of drug-likeness (QED) is 0.708. The molecule has 2 heterocycles. The van der Waals surface area contributed by atoms with Crippen molar-refractivity contribution in [1.29, 1.82) is 0 Å². The van der Waals surface area contributed by atoms with Gasteiger partial charge in [0.2, 0.25) is 0 Å². The van der Waals surface area contributed by atoms with E-state index in [1.165, 1.54) is 32.4 Å². The first-order valence-corrected chi connectivity index (χ1v) is 9.45. The number of benzene rings is 2. The van der Waals surface area contributed by atoms with Crippen molar-refractivity contribution in [1.82, 2.24) is 15.1 Å². The maximum atomic E-state index is 5.89. The molecule has 0 radical (unpaired) electrons. The Morgan fingerprint density at radius 2 is 1.77 bits per heavy atom. The van der Waals surface area contributed by atoms with Gasteiger partial charge >= 0.3 is 0 Å². The third-order valence-electron chi connectivity index (χ3n) is 4.94. The molecule has 0 aliphatic carbocycles. The van der Waals surface area contributed by atoms with Crippen LogP contribution in [0.4, 0.5) is 0 Å². The predicted octanol–water partition coefficient (Wildman–Crippen LogP) is 4.60. The van der Waals surface area contributed by atoms with Gasteiger partial charge in [0, 0.05) is 11.9 Å². The maximum Gasteiger partial charge on any atom is 0.119 e. The van der Waals surface area contributed by atoms with Crippen molar-refractivity contribution in [3.05, 3.63) is 59.8 Å². The molecule has 1 N–H and O–H groups in total. The van der Waals surface area contributed by atoms with Crippen LogP contribution in [0.2, 0.25) is 0 Å². The summed E-state index contributed by atoms with van der Waals surface area (Å²) in [4.78, 5) is 2.49. The number of hydrogen-bond acceptors (Lipinski definition) is 3. The van der Waals surface area contributed by atoms with Crippen LogP contribution in [0.1, 0.15) is 30.5 Å². The van der Waals surface area contributed by atoms with E-state index in [0.29, 0.717) is 0 Å². The highest BCUT2D eigenvalue weighted by Crippen LogP contribution is 2.19. The fourth-order valence-electron chi connectivity index (χ4n) is 3.44. The number of ether oxygens (including phenoxy) is 1. The number of nitrogens with zero attached hydrogens (tertiary/aromatic N) is 2.